The molecule has 0 amide bonds. The fourth-order valence-electron chi connectivity index (χ4n) is 1.38. The summed E-state index contributed by atoms with van der Waals surface area (Å²) in [6, 6.07) is 0. The summed E-state index contributed by atoms with van der Waals surface area (Å²) in [7, 11) is -1.43. The minimum atomic E-state index is -1.43. The molecule has 0 spiro atoms. The summed E-state index contributed by atoms with van der Waals surface area (Å²) < 4.78 is 5.85. The summed E-state index contributed by atoms with van der Waals surface area (Å²) >= 11 is 0. The van der Waals surface area contributed by atoms with Gasteiger partial charge < -0.3 is 9.74 Å². The van der Waals surface area contributed by atoms with Gasteiger partial charge in [-0.2, -0.15) is 0 Å². The van der Waals surface area contributed by atoms with E-state index in [2.05, 4.69) is 39.2 Å². The molecule has 14 heavy (non-hydrogen) atoms. The third-order valence-corrected chi connectivity index (χ3v) is 6.47. The predicted molar refractivity (Wildman–Crippen MR) is 66.3 cm³/mol. The second-order valence-electron chi connectivity index (χ2n) is 4.50. The van der Waals surface area contributed by atoms with Crippen LogP contribution in [0.5, 0.6) is 0 Å². The molecule has 86 valence electrons. The van der Waals surface area contributed by atoms with Gasteiger partial charge in [-0.15, -0.1) is 0 Å². The van der Waals surface area contributed by atoms with Gasteiger partial charge in [0.15, 0.2) is 8.32 Å². The van der Waals surface area contributed by atoms with E-state index < -0.39 is 8.32 Å². The fraction of sp³-hybridized carbons (Fsp3) is 1.00. The third kappa shape index (κ3) is 5.78. The van der Waals surface area contributed by atoms with Crippen molar-refractivity contribution in [3.63, 3.8) is 0 Å². The Hall–Kier alpha value is 0.137. The van der Waals surface area contributed by atoms with E-state index in [4.69, 9.17) is 4.43 Å². The molecule has 0 aliphatic rings. The van der Waals surface area contributed by atoms with E-state index in [0.717, 1.165) is 19.7 Å². The molecule has 0 heterocycles. The Morgan fingerprint density at radius 2 is 1.93 bits per heavy atom. The Morgan fingerprint density at radius 3 is 2.43 bits per heavy atom. The molecule has 2 nitrogen and oxygen atoms in total. The first kappa shape index (κ1) is 14.1. The quantitative estimate of drug-likeness (QED) is 0.498. The molecule has 3 heteroatoms. The van der Waals surface area contributed by atoms with E-state index in [0.29, 0.717) is 5.54 Å². The number of hydrogen-bond acceptors (Lipinski definition) is 2. The first-order valence-corrected chi connectivity index (χ1v) is 8.87. The Labute approximate surface area is 90.6 Å². The Kier molecular flexibility index (Phi) is 7.50. The minimum Gasteiger partial charge on any atom is -0.417 e. The van der Waals surface area contributed by atoms with Crippen LogP contribution in [0.1, 0.15) is 33.6 Å². The molecule has 1 unspecified atom stereocenters. The molecule has 0 aliphatic heterocycles. The second kappa shape index (κ2) is 7.43. The van der Waals surface area contributed by atoms with Crippen molar-refractivity contribution < 1.29 is 4.43 Å². The molecule has 0 fully saturated rings. The first-order chi connectivity index (χ1) is 6.54. The summed E-state index contributed by atoms with van der Waals surface area (Å²) in [6.07, 6.45) is 2.55. The van der Waals surface area contributed by atoms with Gasteiger partial charge in [-0.05, 0) is 45.1 Å². The molecule has 0 aromatic heterocycles. The van der Waals surface area contributed by atoms with E-state index in [1.165, 1.54) is 12.8 Å². The molecule has 0 rings (SSSR count). The lowest BCUT2D eigenvalue weighted by Gasteiger charge is -2.29. The van der Waals surface area contributed by atoms with E-state index in [-0.39, 0.29) is 0 Å². The van der Waals surface area contributed by atoms with Crippen LogP contribution >= 0.6 is 0 Å². The van der Waals surface area contributed by atoms with Gasteiger partial charge in [-0.1, -0.05) is 20.3 Å². The van der Waals surface area contributed by atoms with Gasteiger partial charge in [0.25, 0.3) is 0 Å². The smallest absolute Gasteiger partial charge is 0.190 e. The molecule has 0 aromatic rings. The van der Waals surface area contributed by atoms with Gasteiger partial charge in [-0.3, -0.25) is 0 Å². The van der Waals surface area contributed by atoms with Crippen molar-refractivity contribution >= 4 is 8.32 Å². The van der Waals surface area contributed by atoms with Crippen molar-refractivity contribution in [1.29, 1.82) is 0 Å². The summed E-state index contributed by atoms with van der Waals surface area (Å²) in [6.45, 7) is 14.4. The van der Waals surface area contributed by atoms with Crippen molar-refractivity contribution in [2.45, 2.75) is 52.2 Å². The monoisotopic (exact) mass is 217 g/mol. The van der Waals surface area contributed by atoms with Gasteiger partial charge in [0, 0.05) is 6.61 Å². The topological polar surface area (TPSA) is 21.3 Å². The molecule has 0 aromatic carbocycles. The van der Waals surface area contributed by atoms with Gasteiger partial charge in [0.1, 0.15) is 0 Å². The lowest BCUT2D eigenvalue weighted by molar-refractivity contribution is 0.319. The Balaban J connectivity index is 3.65. The van der Waals surface area contributed by atoms with Crippen molar-refractivity contribution in [2.75, 3.05) is 19.7 Å². The van der Waals surface area contributed by atoms with Crippen molar-refractivity contribution in [3.8, 4) is 0 Å². The van der Waals surface area contributed by atoms with Gasteiger partial charge in [-0.25, -0.2) is 0 Å². The second-order valence-corrected chi connectivity index (χ2v) is 8.98. The maximum Gasteiger partial charge on any atom is 0.190 e. The molecule has 0 radical (unpaired) electrons. The molecule has 1 atom stereocenters. The van der Waals surface area contributed by atoms with Crippen LogP contribution in [0.2, 0.25) is 18.6 Å². The van der Waals surface area contributed by atoms with Crippen LogP contribution in [0.3, 0.4) is 0 Å². The van der Waals surface area contributed by atoms with Crippen LogP contribution in [0.15, 0.2) is 0 Å². The molecule has 0 saturated carbocycles. The molecule has 1 N–H and O–H groups in total. The number of nitrogens with one attached hydrogen (secondary N) is 1. The maximum absolute atomic E-state index is 5.85. The van der Waals surface area contributed by atoms with E-state index in [9.17, 15) is 0 Å². The average Bonchev–Trinajstić information content (AvgIpc) is 2.12. The minimum absolute atomic E-state index is 0.694. The van der Waals surface area contributed by atoms with Crippen LogP contribution in [-0.2, 0) is 4.43 Å². The van der Waals surface area contributed by atoms with Crippen molar-refractivity contribution in [1.82, 2.24) is 5.32 Å². The van der Waals surface area contributed by atoms with Gasteiger partial charge >= 0.3 is 0 Å². The van der Waals surface area contributed by atoms with Crippen LogP contribution in [0.25, 0.3) is 0 Å². The largest absolute Gasteiger partial charge is 0.417 e. The predicted octanol–water partition coefficient (Wildman–Crippen LogP) is 3.01. The summed E-state index contributed by atoms with van der Waals surface area (Å²) in [4.78, 5) is 0. The van der Waals surface area contributed by atoms with E-state index in [1.807, 2.05) is 0 Å². The lowest BCUT2D eigenvalue weighted by Crippen LogP contribution is -2.40. The summed E-state index contributed by atoms with van der Waals surface area (Å²) in [5, 5.41) is 3.51. The number of rotatable bonds is 8. The van der Waals surface area contributed by atoms with Crippen LogP contribution in [-0.4, -0.2) is 28.0 Å². The molecule has 0 bridgehead atoms. The summed E-state index contributed by atoms with van der Waals surface area (Å²) in [5.74, 6) is 0. The maximum atomic E-state index is 5.85. The average molecular weight is 217 g/mol. The SMILES string of the molecule is CCCCNCC(C)[Si](C)(C)OCC. The molecular weight excluding hydrogens is 190 g/mol. The zero-order chi connectivity index (χ0) is 11.0. The van der Waals surface area contributed by atoms with Gasteiger partial charge in [0.2, 0.25) is 0 Å². The van der Waals surface area contributed by atoms with Crippen LogP contribution in [0, 0.1) is 0 Å². The zero-order valence-corrected chi connectivity index (χ0v) is 11.5. The standard InChI is InChI=1S/C11H27NOSi/c1-6-8-9-12-10-11(3)14(4,5)13-7-2/h11-12H,6-10H2,1-5H3. The molecular formula is C11H27NOSi. The van der Waals surface area contributed by atoms with E-state index in [1.54, 1.807) is 0 Å². The number of unbranched alkanes of at least 4 members (excludes halogenated alkanes) is 1. The zero-order valence-electron chi connectivity index (χ0n) is 10.5. The first-order valence-electron chi connectivity index (χ1n) is 5.89. The highest BCUT2D eigenvalue weighted by molar-refractivity contribution is 6.72. The molecule has 0 aliphatic carbocycles. The summed E-state index contributed by atoms with van der Waals surface area (Å²) in [5.41, 5.74) is 0.694. The highest BCUT2D eigenvalue weighted by Gasteiger charge is 2.29. The third-order valence-electron chi connectivity index (χ3n) is 2.86. The Morgan fingerprint density at radius 1 is 1.29 bits per heavy atom. The van der Waals surface area contributed by atoms with Crippen LogP contribution in [0.4, 0.5) is 0 Å². The highest BCUT2D eigenvalue weighted by Crippen LogP contribution is 2.21. The van der Waals surface area contributed by atoms with Crippen molar-refractivity contribution in [3.05, 3.63) is 0 Å². The molecule has 0 saturated heterocycles. The van der Waals surface area contributed by atoms with Crippen molar-refractivity contribution in [2.24, 2.45) is 0 Å². The highest BCUT2D eigenvalue weighted by atomic mass is 28.4. The fourth-order valence-corrected chi connectivity index (χ4v) is 3.04. The normalized spacial score (nSPS) is 14.4. The number of hydrogen-bond donors (Lipinski definition) is 1. The Bertz CT molecular complexity index is 139. The van der Waals surface area contributed by atoms with Gasteiger partial charge in [0.05, 0.1) is 0 Å². The van der Waals surface area contributed by atoms with Crippen LogP contribution < -0.4 is 5.32 Å². The lowest BCUT2D eigenvalue weighted by atomic mass is 10.3. The van der Waals surface area contributed by atoms with E-state index >= 15 is 0 Å².